The van der Waals surface area contributed by atoms with Gasteiger partial charge in [0.05, 0.1) is 18.8 Å². The third-order valence-corrected chi connectivity index (χ3v) is 4.31. The fourth-order valence-electron chi connectivity index (χ4n) is 2.39. The molecule has 5 nitrogen and oxygen atoms in total. The fourth-order valence-corrected chi connectivity index (χ4v) is 3.02. The largest absolute Gasteiger partial charge is 0.444 e. The van der Waals surface area contributed by atoms with Gasteiger partial charge >= 0.3 is 5.97 Å². The first-order valence-corrected chi connectivity index (χ1v) is 8.34. The second-order valence-electron chi connectivity index (χ2n) is 5.15. The van der Waals surface area contributed by atoms with Crippen LogP contribution in [-0.4, -0.2) is 43.1 Å². The van der Waals surface area contributed by atoms with Gasteiger partial charge in [-0.05, 0) is 11.4 Å². The van der Waals surface area contributed by atoms with Crippen molar-refractivity contribution in [2.24, 2.45) is 0 Å². The summed E-state index contributed by atoms with van der Waals surface area (Å²) in [5.41, 5.74) is 1.14. The zero-order valence-electron chi connectivity index (χ0n) is 12.5. The molecule has 120 valence electrons. The molecule has 0 aliphatic carbocycles. The van der Waals surface area contributed by atoms with Crippen molar-refractivity contribution in [2.45, 2.75) is 6.10 Å². The first kappa shape index (κ1) is 15.7. The average molecular weight is 331 g/mol. The molecule has 1 atom stereocenters. The molecule has 2 aromatic rings. The summed E-state index contributed by atoms with van der Waals surface area (Å²) in [6, 6.07) is 10.8. The fraction of sp³-hybridized carbons (Fsp3) is 0.294. The Morgan fingerprint density at radius 3 is 2.52 bits per heavy atom. The van der Waals surface area contributed by atoms with Gasteiger partial charge in [-0.15, -0.1) is 0 Å². The summed E-state index contributed by atoms with van der Waals surface area (Å²) in [5.74, 6) is -0.690. The summed E-state index contributed by atoms with van der Waals surface area (Å²) in [4.78, 5) is 26.7. The van der Waals surface area contributed by atoms with Gasteiger partial charge in [0, 0.05) is 24.0 Å². The number of hydrogen-bond donors (Lipinski definition) is 0. The third-order valence-electron chi connectivity index (χ3n) is 3.63. The van der Waals surface area contributed by atoms with Crippen molar-refractivity contribution in [3.63, 3.8) is 0 Å². The molecular weight excluding hydrogens is 314 g/mol. The van der Waals surface area contributed by atoms with Gasteiger partial charge in [0.1, 0.15) is 0 Å². The highest BCUT2D eigenvalue weighted by atomic mass is 32.1. The molecule has 0 saturated carbocycles. The lowest BCUT2D eigenvalue weighted by Gasteiger charge is -2.30. The number of hydrogen-bond acceptors (Lipinski definition) is 5. The number of rotatable bonds is 4. The SMILES string of the molecule is O=C(O[C@H](C(=O)N1CCOCC1)c1ccccc1)c1ccsc1. The molecule has 0 unspecified atom stereocenters. The number of thiophene rings is 1. The van der Waals surface area contributed by atoms with Crippen LogP contribution in [0, 0.1) is 0 Å². The van der Waals surface area contributed by atoms with Gasteiger partial charge in [-0.2, -0.15) is 11.3 Å². The zero-order chi connectivity index (χ0) is 16.1. The van der Waals surface area contributed by atoms with Crippen LogP contribution in [0.15, 0.2) is 47.2 Å². The highest BCUT2D eigenvalue weighted by molar-refractivity contribution is 7.08. The lowest BCUT2D eigenvalue weighted by Crippen LogP contribution is -2.44. The number of morpholine rings is 1. The van der Waals surface area contributed by atoms with Crippen molar-refractivity contribution in [2.75, 3.05) is 26.3 Å². The van der Waals surface area contributed by atoms with Crippen LogP contribution in [0.25, 0.3) is 0 Å². The Hall–Kier alpha value is -2.18. The Kier molecular flexibility index (Phi) is 5.05. The Morgan fingerprint density at radius 1 is 1.13 bits per heavy atom. The standard InChI is InChI=1S/C17H17NO4S/c19-16(18-7-9-21-10-8-18)15(13-4-2-1-3-5-13)22-17(20)14-6-11-23-12-14/h1-6,11-12,15H,7-10H2/t15-/m0/s1. The van der Waals surface area contributed by atoms with Crippen molar-refractivity contribution in [3.8, 4) is 0 Å². The van der Waals surface area contributed by atoms with Crippen molar-refractivity contribution >= 4 is 23.2 Å². The van der Waals surface area contributed by atoms with Crippen molar-refractivity contribution < 1.29 is 19.1 Å². The molecule has 1 fully saturated rings. The minimum absolute atomic E-state index is 0.205. The van der Waals surface area contributed by atoms with Crippen LogP contribution in [0.3, 0.4) is 0 Å². The predicted octanol–water partition coefficient (Wildman–Crippen LogP) is 2.51. The molecule has 0 N–H and O–H groups in total. The van der Waals surface area contributed by atoms with Crippen LogP contribution >= 0.6 is 11.3 Å². The molecule has 0 bridgehead atoms. The molecule has 1 amide bonds. The van der Waals surface area contributed by atoms with Crippen LogP contribution in [-0.2, 0) is 14.3 Å². The Labute approximate surface area is 138 Å². The molecule has 23 heavy (non-hydrogen) atoms. The minimum Gasteiger partial charge on any atom is -0.444 e. The second kappa shape index (κ2) is 7.39. The molecule has 3 rings (SSSR count). The number of benzene rings is 1. The lowest BCUT2D eigenvalue weighted by atomic mass is 10.1. The maximum Gasteiger partial charge on any atom is 0.340 e. The van der Waals surface area contributed by atoms with E-state index >= 15 is 0 Å². The second-order valence-corrected chi connectivity index (χ2v) is 5.93. The smallest absolute Gasteiger partial charge is 0.340 e. The Morgan fingerprint density at radius 2 is 1.87 bits per heavy atom. The molecule has 1 aromatic carbocycles. The maximum atomic E-state index is 12.8. The molecule has 0 radical (unpaired) electrons. The third kappa shape index (κ3) is 3.78. The van der Waals surface area contributed by atoms with E-state index in [2.05, 4.69) is 0 Å². The molecule has 1 aliphatic heterocycles. The molecule has 1 saturated heterocycles. The van der Waals surface area contributed by atoms with Crippen LogP contribution in [0.1, 0.15) is 22.0 Å². The topological polar surface area (TPSA) is 55.8 Å². The van der Waals surface area contributed by atoms with E-state index in [4.69, 9.17) is 9.47 Å². The van der Waals surface area contributed by atoms with Crippen LogP contribution < -0.4 is 0 Å². The van der Waals surface area contributed by atoms with Crippen LogP contribution in [0.5, 0.6) is 0 Å². The molecular formula is C17H17NO4S. The number of amides is 1. The number of esters is 1. The lowest BCUT2D eigenvalue weighted by molar-refractivity contribution is -0.145. The first-order valence-electron chi connectivity index (χ1n) is 7.40. The van der Waals surface area contributed by atoms with Gasteiger partial charge in [0.15, 0.2) is 0 Å². The van der Waals surface area contributed by atoms with Gasteiger partial charge in [0.25, 0.3) is 5.91 Å². The highest BCUT2D eigenvalue weighted by Gasteiger charge is 2.30. The molecule has 0 spiro atoms. The number of carbonyl (C=O) groups is 2. The highest BCUT2D eigenvalue weighted by Crippen LogP contribution is 2.23. The molecule has 1 aliphatic rings. The van der Waals surface area contributed by atoms with Gasteiger partial charge < -0.3 is 14.4 Å². The zero-order valence-corrected chi connectivity index (χ0v) is 13.3. The van der Waals surface area contributed by atoms with Gasteiger partial charge in [-0.1, -0.05) is 30.3 Å². The van der Waals surface area contributed by atoms with Crippen LogP contribution in [0.4, 0.5) is 0 Å². The summed E-state index contributed by atoms with van der Waals surface area (Å²) < 4.78 is 10.8. The number of carbonyl (C=O) groups excluding carboxylic acids is 2. The van der Waals surface area contributed by atoms with Gasteiger partial charge in [-0.3, -0.25) is 4.79 Å². The van der Waals surface area contributed by atoms with E-state index < -0.39 is 12.1 Å². The van der Waals surface area contributed by atoms with E-state index in [1.54, 1.807) is 33.9 Å². The molecule has 6 heteroatoms. The Bertz CT molecular complexity index is 650. The summed E-state index contributed by atoms with van der Waals surface area (Å²) in [6.45, 7) is 2.04. The minimum atomic E-state index is -0.929. The molecule has 2 heterocycles. The maximum absolute atomic E-state index is 12.8. The summed E-state index contributed by atoms with van der Waals surface area (Å²) in [6.07, 6.45) is -0.929. The normalized spacial score (nSPS) is 15.9. The van der Waals surface area contributed by atoms with Gasteiger partial charge in [0.2, 0.25) is 6.10 Å². The average Bonchev–Trinajstić information content (AvgIpc) is 3.15. The first-order chi connectivity index (χ1) is 11.3. The summed E-state index contributed by atoms with van der Waals surface area (Å²) >= 11 is 1.41. The molecule has 1 aromatic heterocycles. The monoisotopic (exact) mass is 331 g/mol. The van der Waals surface area contributed by atoms with Crippen LogP contribution in [0.2, 0.25) is 0 Å². The Balaban J connectivity index is 1.81. The van der Waals surface area contributed by atoms with Gasteiger partial charge in [-0.25, -0.2) is 4.79 Å². The van der Waals surface area contributed by atoms with Crippen molar-refractivity contribution in [3.05, 3.63) is 58.3 Å². The van der Waals surface area contributed by atoms with E-state index in [1.807, 2.05) is 18.2 Å². The summed E-state index contributed by atoms with van der Waals surface area (Å²) in [7, 11) is 0. The van der Waals surface area contributed by atoms with E-state index in [1.165, 1.54) is 11.3 Å². The van der Waals surface area contributed by atoms with Crippen molar-refractivity contribution in [1.29, 1.82) is 0 Å². The van der Waals surface area contributed by atoms with Crippen molar-refractivity contribution in [1.82, 2.24) is 4.90 Å². The van der Waals surface area contributed by atoms with E-state index in [9.17, 15) is 9.59 Å². The van der Waals surface area contributed by atoms with E-state index in [0.29, 0.717) is 37.4 Å². The quantitative estimate of drug-likeness (QED) is 0.808. The predicted molar refractivity (Wildman–Crippen MR) is 86.3 cm³/mol. The number of ether oxygens (including phenoxy) is 2. The van der Waals surface area contributed by atoms with E-state index in [0.717, 1.165) is 0 Å². The van der Waals surface area contributed by atoms with E-state index in [-0.39, 0.29) is 5.91 Å². The number of nitrogens with zero attached hydrogens (tertiary/aromatic N) is 1. The summed E-state index contributed by atoms with van der Waals surface area (Å²) in [5, 5.41) is 3.52.